The van der Waals surface area contributed by atoms with Gasteiger partial charge in [-0.25, -0.2) is 10.2 Å². The molecular weight excluding hydrogens is 348 g/mol. The normalized spacial score (nSPS) is 10.7. The molecule has 0 fully saturated rings. The van der Waals surface area contributed by atoms with E-state index in [0.717, 1.165) is 4.90 Å². The smallest absolute Gasteiger partial charge is 0.336 e. The van der Waals surface area contributed by atoms with Gasteiger partial charge in [0.15, 0.2) is 0 Å². The Labute approximate surface area is 148 Å². The molecule has 0 spiro atoms. The van der Waals surface area contributed by atoms with E-state index in [-0.39, 0.29) is 11.5 Å². The van der Waals surface area contributed by atoms with Crippen LogP contribution in [0.4, 0.5) is 0 Å². The van der Waals surface area contributed by atoms with Crippen molar-refractivity contribution in [2.45, 2.75) is 11.3 Å². The van der Waals surface area contributed by atoms with Crippen LogP contribution < -0.4 is 5.43 Å². The SMILES string of the molecule is O=C(CCSc1ccc(Cl)cc1)NN=Cc1ccccc1C(=O)O. The summed E-state index contributed by atoms with van der Waals surface area (Å²) >= 11 is 7.35. The number of amides is 1. The van der Waals surface area contributed by atoms with Gasteiger partial charge in [0.2, 0.25) is 5.91 Å². The maximum atomic E-state index is 11.7. The van der Waals surface area contributed by atoms with E-state index in [0.29, 0.717) is 22.8 Å². The van der Waals surface area contributed by atoms with Crippen LogP contribution in [-0.4, -0.2) is 29.0 Å². The van der Waals surface area contributed by atoms with E-state index in [9.17, 15) is 9.59 Å². The Hall–Kier alpha value is -2.31. The van der Waals surface area contributed by atoms with E-state index in [1.165, 1.54) is 12.3 Å². The fourth-order valence-corrected chi connectivity index (χ4v) is 2.80. The number of nitrogens with one attached hydrogen (secondary N) is 1. The molecule has 24 heavy (non-hydrogen) atoms. The molecule has 0 saturated carbocycles. The number of carbonyl (C=O) groups is 2. The van der Waals surface area contributed by atoms with Gasteiger partial charge in [0.25, 0.3) is 0 Å². The fraction of sp³-hybridized carbons (Fsp3) is 0.118. The lowest BCUT2D eigenvalue weighted by Crippen LogP contribution is -2.18. The van der Waals surface area contributed by atoms with Crippen LogP contribution in [0.3, 0.4) is 0 Å². The first kappa shape index (κ1) is 18.0. The molecule has 2 aromatic carbocycles. The maximum Gasteiger partial charge on any atom is 0.336 e. The van der Waals surface area contributed by atoms with Gasteiger partial charge in [-0.3, -0.25) is 4.79 Å². The summed E-state index contributed by atoms with van der Waals surface area (Å²) in [5, 5.41) is 13.5. The number of hydrazone groups is 1. The van der Waals surface area contributed by atoms with Gasteiger partial charge in [0, 0.05) is 27.7 Å². The number of thioether (sulfide) groups is 1. The van der Waals surface area contributed by atoms with Crippen LogP contribution in [0.2, 0.25) is 5.02 Å². The van der Waals surface area contributed by atoms with Gasteiger partial charge in [-0.2, -0.15) is 5.10 Å². The molecule has 0 saturated heterocycles. The van der Waals surface area contributed by atoms with E-state index in [1.807, 2.05) is 12.1 Å². The molecule has 0 radical (unpaired) electrons. The molecule has 0 atom stereocenters. The zero-order valence-electron chi connectivity index (χ0n) is 12.6. The minimum Gasteiger partial charge on any atom is -0.478 e. The van der Waals surface area contributed by atoms with Crippen LogP contribution >= 0.6 is 23.4 Å². The van der Waals surface area contributed by atoms with Crippen molar-refractivity contribution in [1.82, 2.24) is 5.43 Å². The zero-order chi connectivity index (χ0) is 17.4. The van der Waals surface area contributed by atoms with Crippen LogP contribution in [0.15, 0.2) is 58.5 Å². The first-order chi connectivity index (χ1) is 11.6. The fourth-order valence-electron chi connectivity index (χ4n) is 1.83. The number of aromatic carboxylic acids is 1. The lowest BCUT2D eigenvalue weighted by atomic mass is 10.1. The summed E-state index contributed by atoms with van der Waals surface area (Å²) in [6, 6.07) is 13.8. The Bertz CT molecular complexity index is 748. The van der Waals surface area contributed by atoms with E-state index < -0.39 is 5.97 Å². The monoisotopic (exact) mass is 362 g/mol. The van der Waals surface area contributed by atoms with Crippen LogP contribution in [0, 0.1) is 0 Å². The third-order valence-electron chi connectivity index (χ3n) is 3.00. The second kappa shape index (κ2) is 9.10. The second-order valence-electron chi connectivity index (χ2n) is 4.74. The maximum absolute atomic E-state index is 11.7. The quantitative estimate of drug-likeness (QED) is 0.447. The number of carboxylic acids is 1. The van der Waals surface area contributed by atoms with Crippen molar-refractivity contribution in [1.29, 1.82) is 0 Å². The summed E-state index contributed by atoms with van der Waals surface area (Å²) in [7, 11) is 0. The summed E-state index contributed by atoms with van der Waals surface area (Å²) in [6.07, 6.45) is 1.62. The van der Waals surface area contributed by atoms with Crippen molar-refractivity contribution in [3.05, 3.63) is 64.7 Å². The van der Waals surface area contributed by atoms with Crippen LogP contribution in [-0.2, 0) is 4.79 Å². The molecule has 0 aliphatic heterocycles. The highest BCUT2D eigenvalue weighted by atomic mass is 35.5. The first-order valence-corrected chi connectivity index (χ1v) is 8.45. The summed E-state index contributed by atoms with van der Waals surface area (Å²) in [5.74, 6) is -0.669. The van der Waals surface area contributed by atoms with E-state index >= 15 is 0 Å². The predicted molar refractivity (Wildman–Crippen MR) is 95.9 cm³/mol. The van der Waals surface area contributed by atoms with Crippen molar-refractivity contribution in [2.75, 3.05) is 5.75 Å². The molecule has 0 unspecified atom stereocenters. The molecule has 2 N–H and O–H groups in total. The lowest BCUT2D eigenvalue weighted by molar-refractivity contribution is -0.120. The highest BCUT2D eigenvalue weighted by molar-refractivity contribution is 7.99. The Morgan fingerprint density at radius 3 is 2.58 bits per heavy atom. The van der Waals surface area contributed by atoms with Crippen LogP contribution in [0.5, 0.6) is 0 Å². The first-order valence-electron chi connectivity index (χ1n) is 7.09. The van der Waals surface area contributed by atoms with Gasteiger partial charge in [-0.1, -0.05) is 29.8 Å². The molecule has 1 amide bonds. The van der Waals surface area contributed by atoms with Gasteiger partial charge in [0.05, 0.1) is 11.8 Å². The average Bonchev–Trinajstić information content (AvgIpc) is 2.57. The summed E-state index contributed by atoms with van der Waals surface area (Å²) in [5.41, 5.74) is 2.96. The van der Waals surface area contributed by atoms with Gasteiger partial charge < -0.3 is 5.11 Å². The van der Waals surface area contributed by atoms with Gasteiger partial charge >= 0.3 is 5.97 Å². The number of halogens is 1. The van der Waals surface area contributed by atoms with Crippen LogP contribution in [0.1, 0.15) is 22.3 Å². The summed E-state index contributed by atoms with van der Waals surface area (Å²) < 4.78 is 0. The highest BCUT2D eigenvalue weighted by Crippen LogP contribution is 2.20. The van der Waals surface area contributed by atoms with Gasteiger partial charge in [-0.15, -0.1) is 11.8 Å². The standard InChI is InChI=1S/C17H15ClN2O3S/c18-13-5-7-14(8-6-13)24-10-9-16(21)20-19-11-12-3-1-2-4-15(12)17(22)23/h1-8,11H,9-10H2,(H,20,21)(H,22,23). The third kappa shape index (κ3) is 5.72. The molecule has 0 heterocycles. The highest BCUT2D eigenvalue weighted by Gasteiger charge is 2.07. The lowest BCUT2D eigenvalue weighted by Gasteiger charge is -2.02. The number of hydrogen-bond acceptors (Lipinski definition) is 4. The largest absolute Gasteiger partial charge is 0.478 e. The van der Waals surface area contributed by atoms with E-state index in [4.69, 9.17) is 16.7 Å². The van der Waals surface area contributed by atoms with Crippen molar-refractivity contribution in [2.24, 2.45) is 5.10 Å². The van der Waals surface area contributed by atoms with Crippen molar-refractivity contribution >= 4 is 41.5 Å². The zero-order valence-corrected chi connectivity index (χ0v) is 14.2. The number of hydrogen-bond donors (Lipinski definition) is 2. The molecule has 0 bridgehead atoms. The molecule has 0 aromatic heterocycles. The Kier molecular flexibility index (Phi) is 6.84. The average molecular weight is 363 g/mol. The molecule has 5 nitrogen and oxygen atoms in total. The number of carboxylic acid groups (broad SMARTS) is 1. The number of benzene rings is 2. The minimum atomic E-state index is -1.04. The predicted octanol–water partition coefficient (Wildman–Crippen LogP) is 3.67. The molecule has 7 heteroatoms. The number of rotatable bonds is 7. The summed E-state index contributed by atoms with van der Waals surface area (Å²) in [4.78, 5) is 23.8. The van der Waals surface area contributed by atoms with Crippen molar-refractivity contribution in [3.8, 4) is 0 Å². The number of carbonyl (C=O) groups excluding carboxylic acids is 1. The van der Waals surface area contributed by atoms with Crippen molar-refractivity contribution < 1.29 is 14.7 Å². The summed E-state index contributed by atoms with van der Waals surface area (Å²) in [6.45, 7) is 0. The van der Waals surface area contributed by atoms with Gasteiger partial charge in [0.1, 0.15) is 0 Å². The third-order valence-corrected chi connectivity index (χ3v) is 4.26. The van der Waals surface area contributed by atoms with Crippen molar-refractivity contribution in [3.63, 3.8) is 0 Å². The van der Waals surface area contributed by atoms with E-state index in [2.05, 4.69) is 10.5 Å². The molecular formula is C17H15ClN2O3S. The molecule has 124 valence electrons. The Morgan fingerprint density at radius 1 is 1.17 bits per heavy atom. The minimum absolute atomic E-state index is 0.133. The molecule has 2 rings (SSSR count). The Balaban J connectivity index is 1.79. The van der Waals surface area contributed by atoms with Gasteiger partial charge in [-0.05, 0) is 30.3 Å². The molecule has 0 aliphatic carbocycles. The van der Waals surface area contributed by atoms with E-state index in [1.54, 1.807) is 42.1 Å². The Morgan fingerprint density at radius 2 is 1.88 bits per heavy atom. The molecule has 2 aromatic rings. The van der Waals surface area contributed by atoms with Crippen LogP contribution in [0.25, 0.3) is 0 Å². The molecule has 0 aliphatic rings. The second-order valence-corrected chi connectivity index (χ2v) is 6.34. The number of nitrogens with zero attached hydrogens (tertiary/aromatic N) is 1. The topological polar surface area (TPSA) is 78.8 Å².